The molecule has 3 aromatic carbocycles. The second kappa shape index (κ2) is 10.9. The summed E-state index contributed by atoms with van der Waals surface area (Å²) in [5.41, 5.74) is 0.728. The van der Waals surface area contributed by atoms with Gasteiger partial charge in [-0.15, -0.1) is 5.01 Å². The zero-order valence-electron chi connectivity index (χ0n) is 21.8. The summed E-state index contributed by atoms with van der Waals surface area (Å²) in [7, 11) is 0. The number of quaternary nitrogens is 1. The zero-order chi connectivity index (χ0) is 26.5. The number of nitrogens with zero attached hydrogens (tertiary/aromatic N) is 4. The van der Waals surface area contributed by atoms with Gasteiger partial charge in [-0.25, -0.2) is 0 Å². The number of nitrogens with one attached hydrogen (secondary N) is 1. The number of hydrogen-bond donors (Lipinski definition) is 1. The van der Waals surface area contributed by atoms with Crippen molar-refractivity contribution in [1.29, 1.82) is 0 Å². The normalized spacial score (nSPS) is 17.5. The van der Waals surface area contributed by atoms with Crippen LogP contribution in [0, 0.1) is 0 Å². The average Bonchev–Trinajstić information content (AvgIpc) is 3.21. The summed E-state index contributed by atoms with van der Waals surface area (Å²) in [5, 5.41) is 11.2. The van der Waals surface area contributed by atoms with E-state index in [2.05, 4.69) is 5.32 Å². The molecule has 1 aliphatic rings. The van der Waals surface area contributed by atoms with Gasteiger partial charge in [0.25, 0.3) is 5.66 Å². The molecule has 0 radical (unpaired) electrons. The van der Waals surface area contributed by atoms with E-state index in [0.717, 1.165) is 0 Å². The van der Waals surface area contributed by atoms with Gasteiger partial charge in [0.05, 0.1) is 11.4 Å². The highest BCUT2D eigenvalue weighted by molar-refractivity contribution is 6.30. The van der Waals surface area contributed by atoms with Gasteiger partial charge in [-0.3, -0.25) is 9.59 Å². The topological polar surface area (TPSA) is 74.2 Å². The van der Waals surface area contributed by atoms with Gasteiger partial charge in [-0.1, -0.05) is 71.5 Å². The maximum Gasteiger partial charge on any atom is 0.306 e. The lowest BCUT2D eigenvalue weighted by Gasteiger charge is -2.50. The minimum atomic E-state index is -1.70. The minimum absolute atomic E-state index is 0.0407. The van der Waals surface area contributed by atoms with Crippen LogP contribution >= 0.6 is 0 Å². The number of carbonyl (C=O) groups is 2. The fourth-order valence-electron chi connectivity index (χ4n) is 4.92. The van der Waals surface area contributed by atoms with Crippen LogP contribution in [-0.2, 0) is 14.4 Å². The first kappa shape index (κ1) is 26.1. The molecular formula is C29H34N5O3+. The molecule has 0 saturated carbocycles. The first-order valence-corrected chi connectivity index (χ1v) is 12.6. The predicted molar refractivity (Wildman–Crippen MR) is 145 cm³/mol. The summed E-state index contributed by atoms with van der Waals surface area (Å²) in [4.78, 5) is 34.1. The van der Waals surface area contributed by atoms with Crippen molar-refractivity contribution in [2.75, 3.05) is 29.7 Å². The molecule has 4 rings (SSSR count). The van der Waals surface area contributed by atoms with Crippen LogP contribution in [0.4, 0.5) is 11.4 Å². The summed E-state index contributed by atoms with van der Waals surface area (Å²) in [6.07, 6.45) is 0. The third kappa shape index (κ3) is 4.61. The van der Waals surface area contributed by atoms with Crippen molar-refractivity contribution in [3.05, 3.63) is 96.6 Å². The van der Waals surface area contributed by atoms with Crippen molar-refractivity contribution in [3.8, 4) is 0 Å². The van der Waals surface area contributed by atoms with E-state index in [1.54, 1.807) is 0 Å². The Hall–Kier alpha value is -4.01. The molecule has 1 atom stereocenters. The number of anilines is 2. The average molecular weight is 501 g/mol. The van der Waals surface area contributed by atoms with Gasteiger partial charge in [-0.05, 0) is 45.0 Å². The molecule has 37 heavy (non-hydrogen) atoms. The van der Waals surface area contributed by atoms with Crippen molar-refractivity contribution < 1.29 is 19.2 Å². The molecule has 8 heteroatoms. The highest BCUT2D eigenvalue weighted by atomic mass is 16.8. The molecule has 1 aliphatic heterocycles. The molecule has 0 fully saturated rings. The Labute approximate surface area is 218 Å². The van der Waals surface area contributed by atoms with Crippen molar-refractivity contribution in [2.24, 2.45) is 5.10 Å². The largest absolute Gasteiger partial charge is 0.316 e. The summed E-state index contributed by atoms with van der Waals surface area (Å²) in [6.45, 7) is 8.75. The van der Waals surface area contributed by atoms with E-state index in [9.17, 15) is 9.59 Å². The zero-order valence-corrected chi connectivity index (χ0v) is 21.8. The predicted octanol–water partition coefficient (Wildman–Crippen LogP) is 4.50. The van der Waals surface area contributed by atoms with Crippen molar-refractivity contribution in [1.82, 2.24) is 5.32 Å². The van der Waals surface area contributed by atoms with E-state index in [1.165, 1.54) is 11.9 Å². The van der Waals surface area contributed by atoms with Gasteiger partial charge in [0.1, 0.15) is 25.4 Å². The third-order valence-corrected chi connectivity index (χ3v) is 6.49. The van der Waals surface area contributed by atoms with Gasteiger partial charge in [-0.2, -0.15) is 14.9 Å². The molecule has 1 N–H and O–H groups in total. The van der Waals surface area contributed by atoms with E-state index < -0.39 is 11.6 Å². The summed E-state index contributed by atoms with van der Waals surface area (Å²) in [5.74, 6) is -0.768. The van der Waals surface area contributed by atoms with Gasteiger partial charge < -0.3 is 5.32 Å². The lowest BCUT2D eigenvalue weighted by Crippen LogP contribution is -2.79. The van der Waals surface area contributed by atoms with E-state index in [1.807, 2.05) is 117 Å². The number of carbonyl (C=O) groups excluding carboxylic acids is 2. The van der Waals surface area contributed by atoms with Gasteiger partial charge >= 0.3 is 5.91 Å². The van der Waals surface area contributed by atoms with E-state index in [0.29, 0.717) is 42.3 Å². The van der Waals surface area contributed by atoms with Crippen LogP contribution in [0.3, 0.4) is 0 Å². The van der Waals surface area contributed by atoms with Crippen LogP contribution in [0.1, 0.15) is 33.3 Å². The Balaban J connectivity index is 2.09. The molecule has 0 spiro atoms. The SMILES string of the molecule is CCO[N+](CC)(CC)N(c1ccccc1)C1(NC(C)=O)C(=O)N(c2ccccc2)N=C1c1ccccc1. The van der Waals surface area contributed by atoms with Crippen LogP contribution in [0.2, 0.25) is 0 Å². The first-order valence-electron chi connectivity index (χ1n) is 12.6. The monoisotopic (exact) mass is 500 g/mol. The molecule has 8 nitrogen and oxygen atoms in total. The number of amides is 2. The molecular weight excluding hydrogens is 466 g/mol. The maximum absolute atomic E-state index is 14.7. The Bertz CT molecular complexity index is 1250. The lowest BCUT2D eigenvalue weighted by atomic mass is 9.94. The van der Waals surface area contributed by atoms with Crippen molar-refractivity contribution in [2.45, 2.75) is 33.4 Å². The van der Waals surface area contributed by atoms with E-state index in [4.69, 9.17) is 9.94 Å². The number of hydroxylamine groups is 2. The summed E-state index contributed by atoms with van der Waals surface area (Å²) >= 11 is 0. The summed E-state index contributed by atoms with van der Waals surface area (Å²) in [6, 6.07) is 28.3. The molecule has 192 valence electrons. The molecule has 0 aliphatic carbocycles. The maximum atomic E-state index is 14.7. The fraction of sp³-hybridized carbons (Fsp3) is 0.276. The lowest BCUT2D eigenvalue weighted by molar-refractivity contribution is -1.11. The van der Waals surface area contributed by atoms with Crippen molar-refractivity contribution >= 4 is 28.9 Å². The highest BCUT2D eigenvalue weighted by Crippen LogP contribution is 2.39. The standard InChI is InChI=1S/C29H33N5O3/c1-5-34(6-2,37-7-3)33(26-21-15-10-16-22-26)29(30-23(4)35)27(24-17-11-8-12-18-24)31-32(28(29)36)25-19-13-9-14-20-25/h8-22H,5-7H2,1-4H3/p+1. The Kier molecular flexibility index (Phi) is 7.71. The number of hydrazone groups is 1. The molecule has 2 amide bonds. The Morgan fingerprint density at radius 2 is 1.46 bits per heavy atom. The van der Waals surface area contributed by atoms with Crippen molar-refractivity contribution in [3.63, 3.8) is 0 Å². The van der Waals surface area contributed by atoms with Gasteiger partial charge in [0.2, 0.25) is 5.91 Å². The molecule has 0 saturated heterocycles. The second-order valence-corrected chi connectivity index (χ2v) is 8.70. The van der Waals surface area contributed by atoms with Gasteiger partial charge in [0.15, 0.2) is 0 Å². The van der Waals surface area contributed by atoms with E-state index >= 15 is 0 Å². The highest BCUT2D eigenvalue weighted by Gasteiger charge is 2.64. The van der Waals surface area contributed by atoms with Crippen LogP contribution in [0.5, 0.6) is 0 Å². The second-order valence-electron chi connectivity index (χ2n) is 8.70. The van der Waals surface area contributed by atoms with Crippen LogP contribution in [0.15, 0.2) is 96.1 Å². The van der Waals surface area contributed by atoms with Crippen LogP contribution < -0.4 is 15.3 Å². The third-order valence-electron chi connectivity index (χ3n) is 6.49. The first-order chi connectivity index (χ1) is 17.9. The molecule has 1 unspecified atom stereocenters. The molecule has 0 aromatic heterocycles. The van der Waals surface area contributed by atoms with Gasteiger partial charge in [0, 0.05) is 12.5 Å². The smallest absolute Gasteiger partial charge is 0.306 e. The molecule has 3 aromatic rings. The molecule has 0 bridgehead atoms. The Morgan fingerprint density at radius 3 is 1.97 bits per heavy atom. The number of para-hydroxylation sites is 2. The van der Waals surface area contributed by atoms with E-state index in [-0.39, 0.29) is 10.7 Å². The quantitative estimate of drug-likeness (QED) is 0.253. The number of rotatable bonds is 10. The molecule has 1 heterocycles. The summed E-state index contributed by atoms with van der Waals surface area (Å²) < 4.78 is -0.0407. The fourth-order valence-corrected chi connectivity index (χ4v) is 4.92. The number of benzene rings is 3. The van der Waals surface area contributed by atoms with Crippen LogP contribution in [-0.4, -0.2) is 47.6 Å². The Morgan fingerprint density at radius 1 is 0.919 bits per heavy atom. The number of hydrogen-bond acceptors (Lipinski definition) is 5. The minimum Gasteiger partial charge on any atom is -0.316 e. The van der Waals surface area contributed by atoms with Crippen LogP contribution in [0.25, 0.3) is 0 Å².